The number of aromatic nitrogens is 2. The van der Waals surface area contributed by atoms with E-state index in [4.69, 9.17) is 0 Å². The summed E-state index contributed by atoms with van der Waals surface area (Å²) in [7, 11) is 1.81. The van der Waals surface area contributed by atoms with Crippen LogP contribution in [0.4, 0.5) is 5.69 Å². The Morgan fingerprint density at radius 3 is 2.95 bits per heavy atom. The zero-order chi connectivity index (χ0) is 15.2. The van der Waals surface area contributed by atoms with Gasteiger partial charge in [0.05, 0.1) is 18.6 Å². The molecule has 0 saturated carbocycles. The molecule has 0 atom stereocenters. The molecule has 5 heteroatoms. The number of aryl methyl sites for hydroxylation is 1. The molecule has 0 spiro atoms. The van der Waals surface area contributed by atoms with Gasteiger partial charge in [-0.05, 0) is 24.6 Å². The Morgan fingerprint density at radius 2 is 2.24 bits per heavy atom. The fraction of sp³-hybridized carbons (Fsp3) is 0.375. The van der Waals surface area contributed by atoms with Gasteiger partial charge in [-0.1, -0.05) is 12.1 Å². The van der Waals surface area contributed by atoms with E-state index in [1.165, 1.54) is 0 Å². The van der Waals surface area contributed by atoms with Crippen molar-refractivity contribution in [2.45, 2.75) is 33.5 Å². The van der Waals surface area contributed by atoms with Gasteiger partial charge < -0.3 is 14.8 Å². The largest absolute Gasteiger partial charge is 0.379 e. The lowest BCUT2D eigenvalue weighted by Gasteiger charge is -2.16. The Labute approximate surface area is 125 Å². The van der Waals surface area contributed by atoms with Gasteiger partial charge >= 0.3 is 0 Å². The molecule has 112 valence electrons. The number of nitrogens with one attached hydrogen (secondary N) is 1. The zero-order valence-corrected chi connectivity index (χ0v) is 12.8. The number of hydrogen-bond donors (Lipinski definition) is 1. The van der Waals surface area contributed by atoms with Crippen LogP contribution in [0.5, 0.6) is 0 Å². The first kappa shape index (κ1) is 15.1. The maximum atomic E-state index is 11.3. The minimum absolute atomic E-state index is 0.0696. The first-order valence-electron chi connectivity index (χ1n) is 7.13. The molecule has 0 radical (unpaired) electrons. The number of nitrogens with zero attached hydrogens (tertiary/aromatic N) is 3. The van der Waals surface area contributed by atoms with Crippen molar-refractivity contribution in [3.8, 4) is 0 Å². The predicted octanol–water partition coefficient (Wildman–Crippen LogP) is 2.49. The van der Waals surface area contributed by atoms with Gasteiger partial charge in [-0.15, -0.1) is 0 Å². The van der Waals surface area contributed by atoms with E-state index in [2.05, 4.69) is 27.9 Å². The highest BCUT2D eigenvalue weighted by Gasteiger charge is 2.04. The Bertz CT molecular complexity index is 606. The number of carbonyl (C=O) groups excluding carboxylic acids is 1. The molecule has 1 amide bonds. The van der Waals surface area contributed by atoms with Crippen molar-refractivity contribution >= 4 is 11.6 Å². The van der Waals surface area contributed by atoms with E-state index in [-0.39, 0.29) is 5.91 Å². The Kier molecular flexibility index (Phi) is 4.98. The van der Waals surface area contributed by atoms with Gasteiger partial charge in [-0.25, -0.2) is 4.98 Å². The zero-order valence-electron chi connectivity index (χ0n) is 12.8. The van der Waals surface area contributed by atoms with Gasteiger partial charge in [0.15, 0.2) is 0 Å². The van der Waals surface area contributed by atoms with Crippen molar-refractivity contribution < 1.29 is 4.79 Å². The van der Waals surface area contributed by atoms with E-state index in [1.807, 2.05) is 37.8 Å². The molecule has 21 heavy (non-hydrogen) atoms. The third kappa shape index (κ3) is 4.08. The number of benzene rings is 1. The van der Waals surface area contributed by atoms with Crippen molar-refractivity contribution in [2.24, 2.45) is 0 Å². The first-order chi connectivity index (χ1) is 10.1. The lowest BCUT2D eigenvalue weighted by molar-refractivity contribution is -0.128. The van der Waals surface area contributed by atoms with Crippen LogP contribution < -0.4 is 5.32 Å². The number of rotatable bonds is 6. The molecule has 1 aromatic carbocycles. The van der Waals surface area contributed by atoms with Gasteiger partial charge in [0, 0.05) is 38.9 Å². The molecule has 5 nitrogen and oxygen atoms in total. The van der Waals surface area contributed by atoms with Crippen LogP contribution in [0.2, 0.25) is 0 Å². The Hall–Kier alpha value is -2.30. The summed E-state index contributed by atoms with van der Waals surface area (Å²) in [5.41, 5.74) is 3.32. The second-order valence-electron chi connectivity index (χ2n) is 5.10. The molecule has 1 N–H and O–H groups in total. The fourth-order valence-electron chi connectivity index (χ4n) is 2.14. The quantitative estimate of drug-likeness (QED) is 0.887. The molecule has 0 unspecified atom stereocenters. The first-order valence-corrected chi connectivity index (χ1v) is 7.13. The summed E-state index contributed by atoms with van der Waals surface area (Å²) in [5, 5.41) is 3.40. The van der Waals surface area contributed by atoms with E-state index >= 15 is 0 Å². The average molecular weight is 286 g/mol. The predicted molar refractivity (Wildman–Crippen MR) is 83.8 cm³/mol. The van der Waals surface area contributed by atoms with Gasteiger partial charge in [0.2, 0.25) is 5.91 Å². The van der Waals surface area contributed by atoms with Crippen LogP contribution in [0.25, 0.3) is 0 Å². The van der Waals surface area contributed by atoms with Crippen LogP contribution in [0.15, 0.2) is 36.8 Å². The van der Waals surface area contributed by atoms with Crippen molar-refractivity contribution in [3.63, 3.8) is 0 Å². The molecule has 0 fully saturated rings. The number of imidazole rings is 1. The molecule has 1 aromatic heterocycles. The highest BCUT2D eigenvalue weighted by Crippen LogP contribution is 2.13. The third-order valence-electron chi connectivity index (χ3n) is 3.50. The lowest BCUT2D eigenvalue weighted by Crippen LogP contribution is -2.23. The standard InChI is InChI=1S/C16H22N4O/c1-4-20-12-17-9-16(20)10-18-15-7-5-6-14(8-15)11-19(3)13(2)21/h5-9,12,18H,4,10-11H2,1-3H3. The topological polar surface area (TPSA) is 50.2 Å². The maximum Gasteiger partial charge on any atom is 0.219 e. The monoisotopic (exact) mass is 286 g/mol. The molecular weight excluding hydrogens is 264 g/mol. The SMILES string of the molecule is CCn1cncc1CNc1cccc(CN(C)C(C)=O)c1. The smallest absolute Gasteiger partial charge is 0.219 e. The van der Waals surface area contributed by atoms with Crippen molar-refractivity contribution in [1.29, 1.82) is 0 Å². The van der Waals surface area contributed by atoms with Crippen LogP contribution in [-0.4, -0.2) is 27.4 Å². The number of anilines is 1. The van der Waals surface area contributed by atoms with Gasteiger partial charge in [-0.2, -0.15) is 0 Å². The second-order valence-corrected chi connectivity index (χ2v) is 5.10. The minimum Gasteiger partial charge on any atom is -0.379 e. The number of amides is 1. The molecular formula is C16H22N4O. The molecule has 0 aliphatic rings. The molecule has 2 aromatic rings. The minimum atomic E-state index is 0.0696. The molecule has 0 aliphatic carbocycles. The lowest BCUT2D eigenvalue weighted by atomic mass is 10.2. The van der Waals surface area contributed by atoms with Crippen LogP contribution >= 0.6 is 0 Å². The second kappa shape index (κ2) is 6.92. The number of hydrogen-bond acceptors (Lipinski definition) is 3. The van der Waals surface area contributed by atoms with Crippen LogP contribution in [0.1, 0.15) is 25.1 Å². The third-order valence-corrected chi connectivity index (χ3v) is 3.50. The van der Waals surface area contributed by atoms with Crippen molar-refractivity contribution in [3.05, 3.63) is 48.0 Å². The van der Waals surface area contributed by atoms with Gasteiger partial charge in [0.1, 0.15) is 0 Å². The summed E-state index contributed by atoms with van der Waals surface area (Å²) in [4.78, 5) is 17.1. The van der Waals surface area contributed by atoms with Crippen LogP contribution in [0.3, 0.4) is 0 Å². The summed E-state index contributed by atoms with van der Waals surface area (Å²) in [5.74, 6) is 0.0696. The van der Waals surface area contributed by atoms with E-state index in [1.54, 1.807) is 11.8 Å². The van der Waals surface area contributed by atoms with E-state index < -0.39 is 0 Å². The normalized spacial score (nSPS) is 10.4. The Morgan fingerprint density at radius 1 is 1.43 bits per heavy atom. The van der Waals surface area contributed by atoms with Crippen molar-refractivity contribution in [1.82, 2.24) is 14.5 Å². The average Bonchev–Trinajstić information content (AvgIpc) is 2.93. The summed E-state index contributed by atoms with van der Waals surface area (Å²) in [6.45, 7) is 5.95. The molecule has 0 aliphatic heterocycles. The van der Waals surface area contributed by atoms with Gasteiger partial charge in [-0.3, -0.25) is 4.79 Å². The highest BCUT2D eigenvalue weighted by molar-refractivity contribution is 5.72. The van der Waals surface area contributed by atoms with Crippen LogP contribution in [0, 0.1) is 0 Å². The number of carbonyl (C=O) groups is 1. The van der Waals surface area contributed by atoms with E-state index in [0.717, 1.165) is 30.0 Å². The fourth-order valence-corrected chi connectivity index (χ4v) is 2.14. The van der Waals surface area contributed by atoms with Gasteiger partial charge in [0.25, 0.3) is 0 Å². The van der Waals surface area contributed by atoms with Crippen molar-refractivity contribution in [2.75, 3.05) is 12.4 Å². The molecule has 0 bridgehead atoms. The molecule has 2 rings (SSSR count). The summed E-state index contributed by atoms with van der Waals surface area (Å²) in [6, 6.07) is 8.14. The molecule has 1 heterocycles. The summed E-state index contributed by atoms with van der Waals surface area (Å²) in [6.07, 6.45) is 3.72. The van der Waals surface area contributed by atoms with E-state index in [9.17, 15) is 4.79 Å². The summed E-state index contributed by atoms with van der Waals surface area (Å²) < 4.78 is 2.11. The Balaban J connectivity index is 1.99. The summed E-state index contributed by atoms with van der Waals surface area (Å²) >= 11 is 0. The molecule has 0 saturated heterocycles. The maximum absolute atomic E-state index is 11.3. The highest BCUT2D eigenvalue weighted by atomic mass is 16.2. The van der Waals surface area contributed by atoms with Crippen LogP contribution in [-0.2, 0) is 24.4 Å². The van der Waals surface area contributed by atoms with E-state index in [0.29, 0.717) is 6.54 Å².